The summed E-state index contributed by atoms with van der Waals surface area (Å²) in [6, 6.07) is 13.1. The Labute approximate surface area is 123 Å². The van der Waals surface area contributed by atoms with Crippen LogP contribution in [0.1, 0.15) is 18.1 Å². The van der Waals surface area contributed by atoms with E-state index >= 15 is 0 Å². The number of pyridine rings is 1. The predicted molar refractivity (Wildman–Crippen MR) is 83.3 cm³/mol. The van der Waals surface area contributed by atoms with E-state index < -0.39 is 0 Å². The average molecular weight is 319 g/mol. The molecule has 0 saturated carbocycles. The fourth-order valence-electron chi connectivity index (χ4n) is 2.21. The Balaban J connectivity index is 2.01. The third-order valence-electron chi connectivity index (χ3n) is 3.09. The van der Waals surface area contributed by atoms with Crippen LogP contribution in [0.3, 0.4) is 0 Å². The fraction of sp³-hybridized carbons (Fsp3) is 0.312. The zero-order valence-corrected chi connectivity index (χ0v) is 12.7. The second-order valence-electron chi connectivity index (χ2n) is 4.65. The van der Waals surface area contributed by atoms with Gasteiger partial charge in [-0.15, -0.1) is 0 Å². The van der Waals surface area contributed by atoms with Crippen molar-refractivity contribution in [1.29, 1.82) is 0 Å². The van der Waals surface area contributed by atoms with Gasteiger partial charge >= 0.3 is 0 Å². The minimum Gasteiger partial charge on any atom is -0.314 e. The number of rotatable bonds is 6. The standard InChI is InChI=1S/C16H19BrN2/c1-2-19-16(11-14-4-3-9-18-12-14)10-13-5-7-15(17)8-6-13/h3-9,12,16,19H,2,10-11H2,1H3. The summed E-state index contributed by atoms with van der Waals surface area (Å²) in [6.45, 7) is 3.14. The van der Waals surface area contributed by atoms with E-state index in [9.17, 15) is 0 Å². The van der Waals surface area contributed by atoms with Gasteiger partial charge in [-0.25, -0.2) is 0 Å². The smallest absolute Gasteiger partial charge is 0.0300 e. The van der Waals surface area contributed by atoms with Crippen LogP contribution < -0.4 is 5.32 Å². The molecule has 0 radical (unpaired) electrons. The van der Waals surface area contributed by atoms with E-state index in [2.05, 4.69) is 63.5 Å². The second-order valence-corrected chi connectivity index (χ2v) is 5.57. The summed E-state index contributed by atoms with van der Waals surface area (Å²) in [5.74, 6) is 0. The molecule has 3 heteroatoms. The van der Waals surface area contributed by atoms with Gasteiger partial charge in [-0.2, -0.15) is 0 Å². The van der Waals surface area contributed by atoms with E-state index in [0.29, 0.717) is 6.04 Å². The van der Waals surface area contributed by atoms with Crippen LogP contribution in [0.25, 0.3) is 0 Å². The zero-order valence-electron chi connectivity index (χ0n) is 11.1. The molecule has 1 atom stereocenters. The number of benzene rings is 1. The Morgan fingerprint density at radius 3 is 2.47 bits per heavy atom. The van der Waals surface area contributed by atoms with Crippen molar-refractivity contribution in [2.75, 3.05) is 6.54 Å². The minimum atomic E-state index is 0.454. The van der Waals surface area contributed by atoms with Crippen LogP contribution in [-0.4, -0.2) is 17.6 Å². The number of halogens is 1. The molecule has 0 saturated heterocycles. The van der Waals surface area contributed by atoms with E-state index in [-0.39, 0.29) is 0 Å². The van der Waals surface area contributed by atoms with Crippen molar-refractivity contribution >= 4 is 15.9 Å². The summed E-state index contributed by atoms with van der Waals surface area (Å²) in [5, 5.41) is 3.55. The molecule has 0 amide bonds. The molecule has 0 aliphatic rings. The maximum atomic E-state index is 4.18. The monoisotopic (exact) mass is 318 g/mol. The van der Waals surface area contributed by atoms with Crippen LogP contribution in [0.5, 0.6) is 0 Å². The summed E-state index contributed by atoms with van der Waals surface area (Å²) in [5.41, 5.74) is 2.64. The molecule has 1 unspecified atom stereocenters. The van der Waals surface area contributed by atoms with E-state index in [0.717, 1.165) is 23.9 Å². The third kappa shape index (κ3) is 4.77. The van der Waals surface area contributed by atoms with Crippen LogP contribution >= 0.6 is 15.9 Å². The SMILES string of the molecule is CCNC(Cc1ccc(Br)cc1)Cc1cccnc1. The van der Waals surface area contributed by atoms with Gasteiger partial charge in [0.15, 0.2) is 0 Å². The first kappa shape index (κ1) is 14.2. The first-order valence-corrected chi connectivity index (χ1v) is 7.44. The summed E-state index contributed by atoms with van der Waals surface area (Å²) >= 11 is 3.47. The second kappa shape index (κ2) is 7.41. The first-order valence-electron chi connectivity index (χ1n) is 6.64. The Morgan fingerprint density at radius 1 is 1.11 bits per heavy atom. The van der Waals surface area contributed by atoms with Gasteiger partial charge in [0.1, 0.15) is 0 Å². The highest BCUT2D eigenvalue weighted by Gasteiger charge is 2.09. The highest BCUT2D eigenvalue weighted by Crippen LogP contribution is 2.13. The van der Waals surface area contributed by atoms with E-state index in [4.69, 9.17) is 0 Å². The molecule has 2 rings (SSSR count). The molecule has 0 fully saturated rings. The summed E-state index contributed by atoms with van der Waals surface area (Å²) in [6.07, 6.45) is 5.82. The Kier molecular flexibility index (Phi) is 5.55. The maximum absolute atomic E-state index is 4.18. The lowest BCUT2D eigenvalue weighted by Gasteiger charge is -2.18. The van der Waals surface area contributed by atoms with Gasteiger partial charge in [-0.1, -0.05) is 41.1 Å². The molecule has 0 aliphatic carbocycles. The third-order valence-corrected chi connectivity index (χ3v) is 3.62. The number of likely N-dealkylation sites (N-methyl/N-ethyl adjacent to an activating group) is 1. The van der Waals surface area contributed by atoms with Crippen LogP contribution in [0, 0.1) is 0 Å². The van der Waals surface area contributed by atoms with Crippen molar-refractivity contribution in [3.05, 3.63) is 64.4 Å². The highest BCUT2D eigenvalue weighted by molar-refractivity contribution is 9.10. The molecule has 0 spiro atoms. The van der Waals surface area contributed by atoms with Crippen molar-refractivity contribution in [2.24, 2.45) is 0 Å². The van der Waals surface area contributed by atoms with Gasteiger partial charge in [0.2, 0.25) is 0 Å². The van der Waals surface area contributed by atoms with Crippen molar-refractivity contribution in [2.45, 2.75) is 25.8 Å². The van der Waals surface area contributed by atoms with Crippen LogP contribution in [0.2, 0.25) is 0 Å². The number of nitrogens with zero attached hydrogens (tertiary/aromatic N) is 1. The molecule has 100 valence electrons. The van der Waals surface area contributed by atoms with Crippen molar-refractivity contribution in [1.82, 2.24) is 10.3 Å². The lowest BCUT2D eigenvalue weighted by Crippen LogP contribution is -2.33. The average Bonchev–Trinajstić information content (AvgIpc) is 2.43. The summed E-state index contributed by atoms with van der Waals surface area (Å²) < 4.78 is 1.13. The van der Waals surface area contributed by atoms with Gasteiger partial charge in [0.25, 0.3) is 0 Å². The largest absolute Gasteiger partial charge is 0.314 e. The molecule has 1 heterocycles. The molecule has 1 aromatic carbocycles. The van der Waals surface area contributed by atoms with Crippen LogP contribution in [-0.2, 0) is 12.8 Å². The van der Waals surface area contributed by atoms with E-state index in [1.54, 1.807) is 0 Å². The normalized spacial score (nSPS) is 12.3. The number of hydrogen-bond acceptors (Lipinski definition) is 2. The number of aromatic nitrogens is 1. The van der Waals surface area contributed by atoms with Crippen molar-refractivity contribution in [3.63, 3.8) is 0 Å². The van der Waals surface area contributed by atoms with Gasteiger partial charge in [0.05, 0.1) is 0 Å². The van der Waals surface area contributed by atoms with E-state index in [1.165, 1.54) is 11.1 Å². The summed E-state index contributed by atoms with van der Waals surface area (Å²) in [7, 11) is 0. The minimum absolute atomic E-state index is 0.454. The molecule has 0 bridgehead atoms. The highest BCUT2D eigenvalue weighted by atomic mass is 79.9. The molecule has 2 nitrogen and oxygen atoms in total. The molecule has 1 N–H and O–H groups in total. The number of nitrogens with one attached hydrogen (secondary N) is 1. The first-order chi connectivity index (χ1) is 9.28. The van der Waals surface area contributed by atoms with Crippen molar-refractivity contribution < 1.29 is 0 Å². The zero-order chi connectivity index (χ0) is 13.5. The van der Waals surface area contributed by atoms with E-state index in [1.807, 2.05) is 18.5 Å². The number of hydrogen-bond donors (Lipinski definition) is 1. The van der Waals surface area contributed by atoms with Gasteiger partial charge in [-0.05, 0) is 48.7 Å². The van der Waals surface area contributed by atoms with Gasteiger partial charge in [0, 0.05) is 22.9 Å². The Morgan fingerprint density at radius 2 is 1.84 bits per heavy atom. The maximum Gasteiger partial charge on any atom is 0.0300 e. The Hall–Kier alpha value is -1.19. The molecule has 1 aromatic heterocycles. The summed E-state index contributed by atoms with van der Waals surface area (Å²) in [4.78, 5) is 4.18. The van der Waals surface area contributed by atoms with Crippen molar-refractivity contribution in [3.8, 4) is 0 Å². The van der Waals surface area contributed by atoms with Crippen LogP contribution in [0.4, 0.5) is 0 Å². The molecule has 19 heavy (non-hydrogen) atoms. The molecular formula is C16H19BrN2. The predicted octanol–water partition coefficient (Wildman–Crippen LogP) is 3.61. The molecule has 2 aromatic rings. The van der Waals surface area contributed by atoms with Gasteiger partial charge in [-0.3, -0.25) is 4.98 Å². The molecule has 0 aliphatic heterocycles. The fourth-order valence-corrected chi connectivity index (χ4v) is 2.48. The molecular weight excluding hydrogens is 300 g/mol. The Bertz CT molecular complexity index is 482. The lowest BCUT2D eigenvalue weighted by atomic mass is 10.00. The van der Waals surface area contributed by atoms with Gasteiger partial charge < -0.3 is 5.32 Å². The topological polar surface area (TPSA) is 24.9 Å². The quantitative estimate of drug-likeness (QED) is 0.880. The lowest BCUT2D eigenvalue weighted by molar-refractivity contribution is 0.521. The van der Waals surface area contributed by atoms with Crippen LogP contribution in [0.15, 0.2) is 53.3 Å².